The average molecular weight is 186 g/mol. The van der Waals surface area contributed by atoms with Crippen molar-refractivity contribution < 1.29 is 9.47 Å². The number of methoxy groups -OCH3 is 2. The van der Waals surface area contributed by atoms with Gasteiger partial charge < -0.3 is 9.47 Å². The largest absolute Gasteiger partial charge is 0.360 e. The zero-order valence-electron chi connectivity index (χ0n) is 8.01. The number of rotatable bonds is 4. The predicted molar refractivity (Wildman–Crippen MR) is 50.4 cm³/mol. The second-order valence-electron chi connectivity index (χ2n) is 3.30. The first-order chi connectivity index (χ1) is 5.86. The van der Waals surface area contributed by atoms with Crippen molar-refractivity contribution in [2.75, 3.05) is 14.2 Å². The van der Waals surface area contributed by atoms with Crippen molar-refractivity contribution in [2.24, 2.45) is 0 Å². The third-order valence-electron chi connectivity index (χ3n) is 2.41. The van der Waals surface area contributed by atoms with Gasteiger partial charge in [-0.05, 0) is 5.54 Å². The van der Waals surface area contributed by atoms with Gasteiger partial charge in [0.25, 0.3) is 0 Å². The molecule has 1 rings (SSSR count). The molecule has 2 radical (unpaired) electrons. The molecule has 1 saturated carbocycles. The molecule has 0 amide bonds. The summed E-state index contributed by atoms with van der Waals surface area (Å²) in [6, 6.07) is 0. The lowest BCUT2D eigenvalue weighted by molar-refractivity contribution is -0.0451. The standard InChI is InChI=1S/C9H18O2Si/c1-10-9(11-2)12-8-6-4-3-5-7-8/h8-9H,3-7H2,1-2H3. The zero-order valence-corrected chi connectivity index (χ0v) is 9.01. The van der Waals surface area contributed by atoms with Crippen molar-refractivity contribution in [3.05, 3.63) is 0 Å². The van der Waals surface area contributed by atoms with Crippen LogP contribution in [0.4, 0.5) is 0 Å². The second-order valence-corrected chi connectivity index (χ2v) is 4.93. The van der Waals surface area contributed by atoms with E-state index < -0.39 is 0 Å². The van der Waals surface area contributed by atoms with E-state index in [0.717, 1.165) is 15.1 Å². The molecule has 0 saturated heterocycles. The Kier molecular flexibility index (Phi) is 4.88. The smallest absolute Gasteiger partial charge is 0.136 e. The van der Waals surface area contributed by atoms with E-state index in [9.17, 15) is 0 Å². The van der Waals surface area contributed by atoms with Crippen LogP contribution in [0.5, 0.6) is 0 Å². The minimum Gasteiger partial charge on any atom is -0.360 e. The summed E-state index contributed by atoms with van der Waals surface area (Å²) < 4.78 is 10.4. The molecule has 0 atom stereocenters. The molecule has 70 valence electrons. The van der Waals surface area contributed by atoms with Crippen LogP contribution in [-0.4, -0.2) is 29.7 Å². The molecule has 2 nitrogen and oxygen atoms in total. The first-order valence-electron chi connectivity index (χ1n) is 4.68. The lowest BCUT2D eigenvalue weighted by Crippen LogP contribution is -2.26. The van der Waals surface area contributed by atoms with Crippen LogP contribution in [0.15, 0.2) is 0 Å². The van der Waals surface area contributed by atoms with Crippen molar-refractivity contribution in [2.45, 2.75) is 43.6 Å². The van der Waals surface area contributed by atoms with Gasteiger partial charge in [0.1, 0.15) is 15.4 Å². The van der Waals surface area contributed by atoms with Gasteiger partial charge in [-0.15, -0.1) is 0 Å². The Hall–Kier alpha value is 0.137. The van der Waals surface area contributed by atoms with E-state index in [1.807, 2.05) is 0 Å². The van der Waals surface area contributed by atoms with Gasteiger partial charge in [0, 0.05) is 14.2 Å². The summed E-state index contributed by atoms with van der Waals surface area (Å²) in [6.45, 7) is 0. The van der Waals surface area contributed by atoms with Crippen LogP contribution in [0.1, 0.15) is 32.1 Å². The molecule has 0 aromatic rings. The van der Waals surface area contributed by atoms with Gasteiger partial charge in [0.05, 0.1) is 0 Å². The molecule has 12 heavy (non-hydrogen) atoms. The zero-order chi connectivity index (χ0) is 8.81. The highest BCUT2D eigenvalue weighted by molar-refractivity contribution is 6.38. The summed E-state index contributed by atoms with van der Waals surface area (Å²) in [6.07, 6.45) is 6.98. The molecule has 1 aliphatic carbocycles. The molecule has 1 fully saturated rings. The third kappa shape index (κ3) is 3.25. The Balaban J connectivity index is 2.18. The van der Waals surface area contributed by atoms with Crippen molar-refractivity contribution >= 4 is 9.52 Å². The van der Waals surface area contributed by atoms with Crippen molar-refractivity contribution in [3.63, 3.8) is 0 Å². The quantitative estimate of drug-likeness (QED) is 0.494. The SMILES string of the molecule is COC(OC)[Si]C1CCCCC1. The van der Waals surface area contributed by atoms with Crippen molar-refractivity contribution in [1.29, 1.82) is 0 Å². The summed E-state index contributed by atoms with van der Waals surface area (Å²) in [4.78, 5) is 0. The van der Waals surface area contributed by atoms with E-state index in [4.69, 9.17) is 9.47 Å². The van der Waals surface area contributed by atoms with E-state index in [0.29, 0.717) is 0 Å². The van der Waals surface area contributed by atoms with Crippen LogP contribution in [0, 0.1) is 0 Å². The monoisotopic (exact) mass is 186 g/mol. The Bertz CT molecular complexity index is 109. The average Bonchev–Trinajstić information content (AvgIpc) is 2.16. The fourth-order valence-electron chi connectivity index (χ4n) is 1.69. The van der Waals surface area contributed by atoms with E-state index in [1.165, 1.54) is 32.1 Å². The fraction of sp³-hybridized carbons (Fsp3) is 1.00. The second kappa shape index (κ2) is 5.73. The van der Waals surface area contributed by atoms with Gasteiger partial charge in [0.2, 0.25) is 0 Å². The van der Waals surface area contributed by atoms with E-state index in [2.05, 4.69) is 0 Å². The van der Waals surface area contributed by atoms with Gasteiger partial charge in [-0.3, -0.25) is 0 Å². The first kappa shape index (κ1) is 10.2. The maximum atomic E-state index is 5.19. The van der Waals surface area contributed by atoms with Gasteiger partial charge in [-0.2, -0.15) is 0 Å². The Morgan fingerprint density at radius 1 is 1.08 bits per heavy atom. The van der Waals surface area contributed by atoms with Crippen molar-refractivity contribution in [3.8, 4) is 0 Å². The maximum Gasteiger partial charge on any atom is 0.136 e. The summed E-state index contributed by atoms with van der Waals surface area (Å²) >= 11 is 0. The minimum atomic E-state index is 0.0492. The molecule has 0 aliphatic heterocycles. The first-order valence-corrected chi connectivity index (χ1v) is 5.84. The van der Waals surface area contributed by atoms with Crippen LogP contribution in [0.3, 0.4) is 0 Å². The van der Waals surface area contributed by atoms with E-state index >= 15 is 0 Å². The Morgan fingerprint density at radius 2 is 1.67 bits per heavy atom. The van der Waals surface area contributed by atoms with Crippen LogP contribution in [-0.2, 0) is 9.47 Å². The molecule has 0 N–H and O–H groups in total. The molecule has 1 aliphatic rings. The molecular formula is C9H18O2Si. The molecule has 3 heteroatoms. The molecular weight excluding hydrogens is 168 g/mol. The summed E-state index contributed by atoms with van der Waals surface area (Å²) in [5.41, 5.74) is 0.864. The van der Waals surface area contributed by atoms with E-state index in [1.54, 1.807) is 14.2 Å². The van der Waals surface area contributed by atoms with Gasteiger partial charge in [-0.1, -0.05) is 32.1 Å². The summed E-state index contributed by atoms with van der Waals surface area (Å²) in [5, 5.41) is 0. The fourth-order valence-corrected chi connectivity index (χ4v) is 3.09. The molecule has 0 spiro atoms. The molecule has 0 aromatic carbocycles. The van der Waals surface area contributed by atoms with Gasteiger partial charge in [-0.25, -0.2) is 0 Å². The van der Waals surface area contributed by atoms with Crippen LogP contribution >= 0.6 is 0 Å². The summed E-state index contributed by atoms with van der Waals surface area (Å²) in [5.74, 6) is 0.0492. The Morgan fingerprint density at radius 3 is 2.17 bits per heavy atom. The molecule has 0 unspecified atom stereocenters. The Labute approximate surface area is 77.5 Å². The number of hydrogen-bond donors (Lipinski definition) is 0. The predicted octanol–water partition coefficient (Wildman–Crippen LogP) is 2.02. The molecule has 0 aromatic heterocycles. The normalized spacial score (nSPS) is 20.2. The van der Waals surface area contributed by atoms with Crippen LogP contribution < -0.4 is 0 Å². The summed E-state index contributed by atoms with van der Waals surface area (Å²) in [7, 11) is 4.28. The minimum absolute atomic E-state index is 0.0492. The highest BCUT2D eigenvalue weighted by atomic mass is 28.2. The number of hydrogen-bond acceptors (Lipinski definition) is 2. The van der Waals surface area contributed by atoms with Crippen LogP contribution in [0.25, 0.3) is 0 Å². The lowest BCUT2D eigenvalue weighted by Gasteiger charge is -2.23. The van der Waals surface area contributed by atoms with Crippen molar-refractivity contribution in [1.82, 2.24) is 0 Å². The highest BCUT2D eigenvalue weighted by Gasteiger charge is 2.19. The highest BCUT2D eigenvalue weighted by Crippen LogP contribution is 2.28. The van der Waals surface area contributed by atoms with Crippen LogP contribution in [0.2, 0.25) is 5.54 Å². The maximum absolute atomic E-state index is 5.19. The third-order valence-corrected chi connectivity index (χ3v) is 4.20. The lowest BCUT2D eigenvalue weighted by atomic mass is 10.0. The topological polar surface area (TPSA) is 18.5 Å². The van der Waals surface area contributed by atoms with E-state index in [-0.39, 0.29) is 5.91 Å². The van der Waals surface area contributed by atoms with Gasteiger partial charge >= 0.3 is 0 Å². The molecule has 0 bridgehead atoms. The molecule has 0 heterocycles. The van der Waals surface area contributed by atoms with Gasteiger partial charge in [0.15, 0.2) is 0 Å². The number of ether oxygens (including phenoxy) is 2.